The molecule has 0 radical (unpaired) electrons. The Kier molecular flexibility index (Phi) is 5.91. The van der Waals surface area contributed by atoms with Gasteiger partial charge in [0.25, 0.3) is 0 Å². The van der Waals surface area contributed by atoms with Crippen LogP contribution in [0.2, 0.25) is 10.0 Å². The Morgan fingerprint density at radius 3 is 2.65 bits per heavy atom. The molecule has 0 bridgehead atoms. The molecule has 1 fully saturated rings. The fourth-order valence-electron chi connectivity index (χ4n) is 4.02. The van der Waals surface area contributed by atoms with Crippen molar-refractivity contribution in [1.29, 1.82) is 0 Å². The molecule has 3 heterocycles. The second-order valence-electron chi connectivity index (χ2n) is 7.80. The summed E-state index contributed by atoms with van der Waals surface area (Å²) in [6.07, 6.45) is 1.66. The van der Waals surface area contributed by atoms with Gasteiger partial charge >= 0.3 is 0 Å². The van der Waals surface area contributed by atoms with Crippen molar-refractivity contribution in [2.75, 3.05) is 46.1 Å². The number of ether oxygens (including phenoxy) is 3. The molecule has 2 aromatic carbocycles. The molecule has 0 saturated carbocycles. The molecule has 0 aliphatic carbocycles. The number of rotatable bonds is 4. The van der Waals surface area contributed by atoms with Crippen LogP contribution in [0.15, 0.2) is 36.1 Å². The summed E-state index contributed by atoms with van der Waals surface area (Å²) in [6, 6.07) is 8.76. The van der Waals surface area contributed by atoms with Crippen molar-refractivity contribution < 1.29 is 19.0 Å². The first kappa shape index (κ1) is 20.8. The highest BCUT2D eigenvalue weighted by Gasteiger charge is 2.33. The summed E-state index contributed by atoms with van der Waals surface area (Å²) in [5, 5.41) is 1.00. The van der Waals surface area contributed by atoms with E-state index in [4.69, 9.17) is 37.4 Å². The van der Waals surface area contributed by atoms with E-state index in [1.54, 1.807) is 30.3 Å². The number of hydrogen-bond donors (Lipinski definition) is 0. The lowest BCUT2D eigenvalue weighted by atomic mass is 10.0. The number of nitrogens with zero attached hydrogens (tertiary/aromatic N) is 2. The van der Waals surface area contributed by atoms with Gasteiger partial charge in [-0.15, -0.1) is 0 Å². The molecule has 1 saturated heterocycles. The van der Waals surface area contributed by atoms with E-state index in [0.717, 1.165) is 50.7 Å². The van der Waals surface area contributed by atoms with E-state index in [-0.39, 0.29) is 11.5 Å². The van der Waals surface area contributed by atoms with Gasteiger partial charge in [0.1, 0.15) is 18.2 Å². The Morgan fingerprint density at radius 2 is 1.84 bits per heavy atom. The number of allylic oxidation sites excluding steroid dienone is 1. The Bertz CT molecular complexity index is 1050. The van der Waals surface area contributed by atoms with Crippen LogP contribution < -0.4 is 9.47 Å². The minimum absolute atomic E-state index is 0.158. The topological polar surface area (TPSA) is 51.2 Å². The monoisotopic (exact) mass is 460 g/mol. The highest BCUT2D eigenvalue weighted by Crippen LogP contribution is 2.42. The molecule has 2 aromatic rings. The van der Waals surface area contributed by atoms with E-state index in [1.165, 1.54) is 0 Å². The summed E-state index contributed by atoms with van der Waals surface area (Å²) in [4.78, 5) is 17.6. The Balaban J connectivity index is 1.35. The Morgan fingerprint density at radius 1 is 1.03 bits per heavy atom. The molecule has 6 nitrogen and oxygen atoms in total. The van der Waals surface area contributed by atoms with Gasteiger partial charge in [-0.3, -0.25) is 14.6 Å². The van der Waals surface area contributed by atoms with Crippen molar-refractivity contribution in [1.82, 2.24) is 9.80 Å². The number of fused-ring (bicyclic) bond motifs is 3. The number of morpholine rings is 1. The summed E-state index contributed by atoms with van der Waals surface area (Å²) < 4.78 is 17.4. The van der Waals surface area contributed by atoms with Crippen molar-refractivity contribution in [2.45, 2.75) is 6.54 Å². The quantitative estimate of drug-likeness (QED) is 0.640. The Hall–Kier alpha value is -2.09. The van der Waals surface area contributed by atoms with Crippen molar-refractivity contribution in [3.63, 3.8) is 0 Å². The standard InChI is InChI=1S/C23H22Cl2N2O4/c24-16-2-1-15(19(25)12-16)11-21-22(28)17-3-4-20-18(23(17)31-21)13-27(14-30-20)6-5-26-7-9-29-10-8-26/h1-4,11-12H,5-10,13-14H2/b21-11-. The SMILES string of the molecule is O=C1/C(=C/c2ccc(Cl)cc2Cl)Oc2c1ccc1c2CN(CCN2CCOCC2)CO1. The van der Waals surface area contributed by atoms with Gasteiger partial charge in [0.15, 0.2) is 5.76 Å². The van der Waals surface area contributed by atoms with Crippen molar-refractivity contribution in [2.24, 2.45) is 0 Å². The number of carbonyl (C=O) groups is 1. The smallest absolute Gasteiger partial charge is 0.231 e. The average Bonchev–Trinajstić information content (AvgIpc) is 3.10. The van der Waals surface area contributed by atoms with Crippen LogP contribution in [0.1, 0.15) is 21.5 Å². The largest absolute Gasteiger partial charge is 0.478 e. The predicted octanol–water partition coefficient (Wildman–Crippen LogP) is 4.09. The summed E-state index contributed by atoms with van der Waals surface area (Å²) in [5.74, 6) is 1.43. The number of ketones is 1. The fourth-order valence-corrected chi connectivity index (χ4v) is 4.48. The molecule has 8 heteroatoms. The van der Waals surface area contributed by atoms with Gasteiger partial charge in [0.2, 0.25) is 5.78 Å². The van der Waals surface area contributed by atoms with Gasteiger partial charge in [0, 0.05) is 42.8 Å². The van der Waals surface area contributed by atoms with Gasteiger partial charge in [-0.1, -0.05) is 29.3 Å². The highest BCUT2D eigenvalue weighted by molar-refractivity contribution is 6.35. The first-order valence-corrected chi connectivity index (χ1v) is 11.0. The lowest BCUT2D eigenvalue weighted by Gasteiger charge is -2.33. The van der Waals surface area contributed by atoms with Crippen LogP contribution >= 0.6 is 23.2 Å². The lowest BCUT2D eigenvalue weighted by molar-refractivity contribution is 0.0239. The van der Waals surface area contributed by atoms with Gasteiger partial charge in [-0.05, 0) is 35.9 Å². The van der Waals surface area contributed by atoms with E-state index in [1.807, 2.05) is 6.07 Å². The second-order valence-corrected chi connectivity index (χ2v) is 8.65. The number of Topliss-reactive ketones (excluding diaryl/α,β-unsaturated/α-hetero) is 1. The molecule has 3 aliphatic heterocycles. The zero-order valence-electron chi connectivity index (χ0n) is 16.9. The number of carbonyl (C=O) groups excluding carboxylic acids is 1. The first-order chi connectivity index (χ1) is 15.1. The maximum atomic E-state index is 12.9. The number of hydrogen-bond acceptors (Lipinski definition) is 6. The zero-order valence-corrected chi connectivity index (χ0v) is 18.4. The van der Waals surface area contributed by atoms with Crippen LogP contribution in [-0.4, -0.2) is 61.7 Å². The summed E-state index contributed by atoms with van der Waals surface area (Å²) in [6.45, 7) is 6.51. The maximum absolute atomic E-state index is 12.9. The highest BCUT2D eigenvalue weighted by atomic mass is 35.5. The third-order valence-corrected chi connectivity index (χ3v) is 6.33. The third kappa shape index (κ3) is 4.31. The first-order valence-electron chi connectivity index (χ1n) is 10.3. The second kappa shape index (κ2) is 8.81. The van der Waals surface area contributed by atoms with Gasteiger partial charge in [-0.25, -0.2) is 0 Å². The van der Waals surface area contributed by atoms with E-state index in [0.29, 0.717) is 40.2 Å². The van der Waals surface area contributed by atoms with Crippen molar-refractivity contribution in [3.8, 4) is 11.5 Å². The molecule has 3 aliphatic rings. The molecule has 0 N–H and O–H groups in total. The fraction of sp³-hybridized carbons (Fsp3) is 0.348. The van der Waals surface area contributed by atoms with Crippen LogP contribution in [0, 0.1) is 0 Å². The van der Waals surface area contributed by atoms with E-state index in [9.17, 15) is 4.79 Å². The molecule has 0 amide bonds. The molecule has 31 heavy (non-hydrogen) atoms. The van der Waals surface area contributed by atoms with Gasteiger partial charge in [-0.2, -0.15) is 0 Å². The van der Waals surface area contributed by atoms with Crippen LogP contribution in [0.25, 0.3) is 6.08 Å². The average molecular weight is 461 g/mol. The molecule has 162 valence electrons. The van der Waals surface area contributed by atoms with Crippen LogP contribution in [0.4, 0.5) is 0 Å². The van der Waals surface area contributed by atoms with Crippen LogP contribution in [0.5, 0.6) is 11.5 Å². The van der Waals surface area contributed by atoms with Crippen molar-refractivity contribution >= 4 is 35.1 Å². The van der Waals surface area contributed by atoms with Gasteiger partial charge in [0.05, 0.1) is 24.3 Å². The van der Waals surface area contributed by atoms with Crippen molar-refractivity contribution in [3.05, 3.63) is 62.8 Å². The van der Waals surface area contributed by atoms with E-state index in [2.05, 4.69) is 9.80 Å². The predicted molar refractivity (Wildman–Crippen MR) is 119 cm³/mol. The molecule has 0 unspecified atom stereocenters. The van der Waals surface area contributed by atoms with Crippen LogP contribution in [0.3, 0.4) is 0 Å². The Labute approximate surface area is 190 Å². The molecule has 0 spiro atoms. The summed E-state index contributed by atoms with van der Waals surface area (Å²) in [5.41, 5.74) is 2.14. The van der Waals surface area contributed by atoms with E-state index < -0.39 is 0 Å². The van der Waals surface area contributed by atoms with E-state index >= 15 is 0 Å². The lowest BCUT2D eigenvalue weighted by Crippen LogP contribution is -2.43. The number of benzene rings is 2. The molecule has 5 rings (SSSR count). The summed E-state index contributed by atoms with van der Waals surface area (Å²) >= 11 is 12.2. The number of halogens is 2. The molecular formula is C23H22Cl2N2O4. The molecule has 0 aromatic heterocycles. The minimum atomic E-state index is -0.158. The zero-order chi connectivity index (χ0) is 21.4. The molecular weight excluding hydrogens is 439 g/mol. The summed E-state index contributed by atoms with van der Waals surface area (Å²) in [7, 11) is 0. The third-order valence-electron chi connectivity index (χ3n) is 5.77. The van der Waals surface area contributed by atoms with Gasteiger partial charge < -0.3 is 14.2 Å². The maximum Gasteiger partial charge on any atom is 0.231 e. The van der Waals surface area contributed by atoms with Crippen LogP contribution in [-0.2, 0) is 11.3 Å². The normalized spacial score (nSPS) is 20.3. The minimum Gasteiger partial charge on any atom is -0.478 e. The molecule has 0 atom stereocenters.